The zero-order chi connectivity index (χ0) is 12.8. The summed E-state index contributed by atoms with van der Waals surface area (Å²) in [5.41, 5.74) is 2.19. The van der Waals surface area contributed by atoms with Crippen LogP contribution in [0.4, 0.5) is 0 Å². The maximum Gasteiger partial charge on any atom is 0.306 e. The molecule has 0 aliphatic heterocycles. The monoisotopic (exact) mass is 236 g/mol. The number of phenolic OH excluding ortho intramolecular Hbond substituents is 1. The molecule has 0 amide bonds. The van der Waals surface area contributed by atoms with E-state index in [2.05, 4.69) is 13.8 Å². The number of phenols is 1. The third kappa shape index (κ3) is 4.10. The van der Waals surface area contributed by atoms with Crippen LogP contribution in [0.3, 0.4) is 0 Å². The minimum Gasteiger partial charge on any atom is -0.508 e. The quantitative estimate of drug-likeness (QED) is 0.799. The number of carbonyl (C=O) groups excluding carboxylic acids is 1. The molecule has 0 aliphatic carbocycles. The molecule has 0 atom stereocenters. The van der Waals surface area contributed by atoms with Crippen molar-refractivity contribution in [3.8, 4) is 5.75 Å². The van der Waals surface area contributed by atoms with Gasteiger partial charge < -0.3 is 9.84 Å². The number of hydrogen-bond donors (Lipinski definition) is 1. The van der Waals surface area contributed by atoms with Gasteiger partial charge in [0.15, 0.2) is 0 Å². The number of rotatable bonds is 5. The molecule has 0 saturated heterocycles. The molecule has 1 rings (SSSR count). The van der Waals surface area contributed by atoms with Gasteiger partial charge in [0.2, 0.25) is 0 Å². The van der Waals surface area contributed by atoms with Crippen LogP contribution in [0.25, 0.3) is 0 Å². The summed E-state index contributed by atoms with van der Waals surface area (Å²) in [5.74, 6) is 0.433. The molecule has 1 aromatic rings. The van der Waals surface area contributed by atoms with Crippen molar-refractivity contribution >= 4 is 5.97 Å². The van der Waals surface area contributed by atoms with Crippen molar-refractivity contribution in [1.82, 2.24) is 0 Å². The second-order valence-electron chi connectivity index (χ2n) is 4.34. The molecular formula is C14H20O3. The summed E-state index contributed by atoms with van der Waals surface area (Å²) < 4.78 is 4.90. The van der Waals surface area contributed by atoms with Gasteiger partial charge in [-0.25, -0.2) is 0 Å². The summed E-state index contributed by atoms with van der Waals surface area (Å²) >= 11 is 0. The fourth-order valence-corrected chi connectivity index (χ4v) is 1.82. The highest BCUT2D eigenvalue weighted by molar-refractivity contribution is 5.69. The van der Waals surface area contributed by atoms with E-state index in [9.17, 15) is 9.90 Å². The Bertz CT molecular complexity index is 383. The van der Waals surface area contributed by atoms with E-state index in [1.807, 2.05) is 6.07 Å². The Kier molecular flexibility index (Phi) is 5.01. The van der Waals surface area contributed by atoms with E-state index in [0.717, 1.165) is 11.1 Å². The normalized spacial score (nSPS) is 10.6. The van der Waals surface area contributed by atoms with Gasteiger partial charge in [-0.1, -0.05) is 19.9 Å². The number of benzene rings is 1. The second-order valence-corrected chi connectivity index (χ2v) is 4.34. The smallest absolute Gasteiger partial charge is 0.306 e. The fraction of sp³-hybridized carbons (Fsp3) is 0.500. The Balaban J connectivity index is 2.73. The topological polar surface area (TPSA) is 46.5 Å². The van der Waals surface area contributed by atoms with Crippen molar-refractivity contribution < 1.29 is 14.6 Å². The number of aromatic hydroxyl groups is 1. The van der Waals surface area contributed by atoms with E-state index in [4.69, 9.17) is 4.74 Å². The molecule has 0 radical (unpaired) electrons. The predicted molar refractivity (Wildman–Crippen MR) is 67.1 cm³/mol. The lowest BCUT2D eigenvalue weighted by molar-refractivity contribution is -0.143. The number of aryl methyl sites for hydroxylation is 1. The Morgan fingerprint density at radius 1 is 1.41 bits per heavy atom. The number of hydrogen-bond acceptors (Lipinski definition) is 3. The van der Waals surface area contributed by atoms with Gasteiger partial charge in [0, 0.05) is 6.42 Å². The van der Waals surface area contributed by atoms with Gasteiger partial charge in [-0.3, -0.25) is 4.79 Å². The summed E-state index contributed by atoms with van der Waals surface area (Å²) in [7, 11) is 0. The molecule has 0 spiro atoms. The standard InChI is InChI=1S/C14H20O3/c1-4-17-14(16)8-6-11-5-7-12(15)9-13(11)10(2)3/h5,7,9-10,15H,4,6,8H2,1-3H3. The van der Waals surface area contributed by atoms with Crippen LogP contribution in [0.2, 0.25) is 0 Å². The lowest BCUT2D eigenvalue weighted by atomic mass is 9.94. The Morgan fingerprint density at radius 2 is 2.12 bits per heavy atom. The predicted octanol–water partition coefficient (Wildman–Crippen LogP) is 3.01. The highest BCUT2D eigenvalue weighted by Crippen LogP contribution is 2.25. The van der Waals surface area contributed by atoms with E-state index in [0.29, 0.717) is 25.4 Å². The molecule has 1 N–H and O–H groups in total. The van der Waals surface area contributed by atoms with Crippen LogP contribution in [-0.4, -0.2) is 17.7 Å². The van der Waals surface area contributed by atoms with Gasteiger partial charge in [-0.05, 0) is 42.5 Å². The van der Waals surface area contributed by atoms with Gasteiger partial charge in [0.05, 0.1) is 6.61 Å². The molecule has 0 bridgehead atoms. The van der Waals surface area contributed by atoms with Crippen LogP contribution < -0.4 is 0 Å². The average Bonchev–Trinajstić information content (AvgIpc) is 2.27. The number of ether oxygens (including phenoxy) is 1. The highest BCUT2D eigenvalue weighted by atomic mass is 16.5. The van der Waals surface area contributed by atoms with Crippen molar-refractivity contribution in [2.24, 2.45) is 0 Å². The lowest BCUT2D eigenvalue weighted by Gasteiger charge is -2.13. The molecular weight excluding hydrogens is 216 g/mol. The van der Waals surface area contributed by atoms with Crippen LogP contribution in [0.1, 0.15) is 44.2 Å². The molecule has 0 aliphatic rings. The zero-order valence-corrected chi connectivity index (χ0v) is 10.7. The van der Waals surface area contributed by atoms with Crippen molar-refractivity contribution in [2.45, 2.75) is 39.5 Å². The first-order valence-corrected chi connectivity index (χ1v) is 6.02. The van der Waals surface area contributed by atoms with Crippen LogP contribution in [0.5, 0.6) is 5.75 Å². The van der Waals surface area contributed by atoms with Gasteiger partial charge in [0.25, 0.3) is 0 Å². The molecule has 94 valence electrons. The second kappa shape index (κ2) is 6.28. The Hall–Kier alpha value is -1.51. The van der Waals surface area contributed by atoms with E-state index >= 15 is 0 Å². The lowest BCUT2D eigenvalue weighted by Crippen LogP contribution is -2.06. The molecule has 0 unspecified atom stereocenters. The van der Waals surface area contributed by atoms with Crippen molar-refractivity contribution in [3.63, 3.8) is 0 Å². The molecule has 0 aromatic heterocycles. The van der Waals surface area contributed by atoms with Crippen LogP contribution in [0.15, 0.2) is 18.2 Å². The van der Waals surface area contributed by atoms with Crippen molar-refractivity contribution in [3.05, 3.63) is 29.3 Å². The van der Waals surface area contributed by atoms with E-state index < -0.39 is 0 Å². The van der Waals surface area contributed by atoms with Crippen molar-refractivity contribution in [2.75, 3.05) is 6.61 Å². The first-order valence-electron chi connectivity index (χ1n) is 6.02. The first kappa shape index (κ1) is 13.6. The molecule has 0 heterocycles. The zero-order valence-electron chi connectivity index (χ0n) is 10.7. The highest BCUT2D eigenvalue weighted by Gasteiger charge is 2.10. The molecule has 17 heavy (non-hydrogen) atoms. The van der Waals surface area contributed by atoms with Gasteiger partial charge in [-0.2, -0.15) is 0 Å². The van der Waals surface area contributed by atoms with E-state index in [1.165, 1.54) is 0 Å². The SMILES string of the molecule is CCOC(=O)CCc1ccc(O)cc1C(C)C. The van der Waals surface area contributed by atoms with Gasteiger partial charge in [0.1, 0.15) is 5.75 Å². The summed E-state index contributed by atoms with van der Waals surface area (Å²) in [6, 6.07) is 5.31. The molecule has 0 fully saturated rings. The van der Waals surface area contributed by atoms with E-state index in [-0.39, 0.29) is 11.7 Å². The Morgan fingerprint density at radius 3 is 2.71 bits per heavy atom. The largest absolute Gasteiger partial charge is 0.508 e. The van der Waals surface area contributed by atoms with Gasteiger partial charge >= 0.3 is 5.97 Å². The molecule has 0 saturated carbocycles. The maximum atomic E-state index is 11.3. The van der Waals surface area contributed by atoms with Gasteiger partial charge in [-0.15, -0.1) is 0 Å². The minimum absolute atomic E-state index is 0.171. The van der Waals surface area contributed by atoms with Crippen LogP contribution in [0, 0.1) is 0 Å². The van der Waals surface area contributed by atoms with E-state index in [1.54, 1.807) is 19.1 Å². The summed E-state index contributed by atoms with van der Waals surface area (Å²) in [6.07, 6.45) is 1.05. The fourth-order valence-electron chi connectivity index (χ4n) is 1.82. The minimum atomic E-state index is -0.171. The summed E-state index contributed by atoms with van der Waals surface area (Å²) in [6.45, 7) is 6.37. The third-order valence-corrected chi connectivity index (χ3v) is 2.66. The number of carbonyl (C=O) groups is 1. The number of esters is 1. The third-order valence-electron chi connectivity index (χ3n) is 2.66. The maximum absolute atomic E-state index is 11.3. The van der Waals surface area contributed by atoms with Crippen LogP contribution in [-0.2, 0) is 16.0 Å². The molecule has 1 aromatic carbocycles. The Labute approximate surface area is 102 Å². The van der Waals surface area contributed by atoms with Crippen LogP contribution >= 0.6 is 0 Å². The average molecular weight is 236 g/mol. The first-order chi connectivity index (χ1) is 8.04. The molecule has 3 nitrogen and oxygen atoms in total. The summed E-state index contributed by atoms with van der Waals surface area (Å²) in [5, 5.41) is 9.46. The summed E-state index contributed by atoms with van der Waals surface area (Å²) in [4.78, 5) is 11.3. The van der Waals surface area contributed by atoms with Crippen molar-refractivity contribution in [1.29, 1.82) is 0 Å². The molecule has 3 heteroatoms.